The number of ketones is 1. The van der Waals surface area contributed by atoms with Crippen LogP contribution in [0.2, 0.25) is 0 Å². The van der Waals surface area contributed by atoms with Gasteiger partial charge in [-0.2, -0.15) is 0 Å². The van der Waals surface area contributed by atoms with Gasteiger partial charge in [-0.05, 0) is 44.9 Å². The Bertz CT molecular complexity index is 554. The van der Waals surface area contributed by atoms with Crippen LogP contribution in [-0.2, 0) is 9.59 Å². The molecular formula is C16H23NO3. The second-order valence-corrected chi connectivity index (χ2v) is 6.80. The number of allylic oxidation sites excluding steroid dienone is 2. The molecule has 0 aromatic heterocycles. The van der Waals surface area contributed by atoms with Gasteiger partial charge in [-0.25, -0.2) is 0 Å². The predicted molar refractivity (Wildman–Crippen MR) is 76.8 cm³/mol. The van der Waals surface area contributed by atoms with Gasteiger partial charge in [0.1, 0.15) is 0 Å². The average molecular weight is 277 g/mol. The Hall–Kier alpha value is -1.42. The fourth-order valence-electron chi connectivity index (χ4n) is 3.74. The summed E-state index contributed by atoms with van der Waals surface area (Å²) in [7, 11) is 0. The van der Waals surface area contributed by atoms with Crippen LogP contribution in [0.25, 0.3) is 0 Å². The molecule has 1 N–H and O–H groups in total. The molecule has 1 saturated heterocycles. The van der Waals surface area contributed by atoms with E-state index in [1.54, 1.807) is 13.8 Å². The number of rotatable bonds is 1. The monoisotopic (exact) mass is 277 g/mol. The molecule has 0 radical (unpaired) electrons. The Morgan fingerprint density at radius 2 is 1.80 bits per heavy atom. The molecule has 0 spiro atoms. The molecule has 0 aromatic carbocycles. The normalized spacial score (nSPS) is 29.8. The zero-order valence-corrected chi connectivity index (χ0v) is 13.1. The van der Waals surface area contributed by atoms with Crippen LogP contribution in [0, 0.1) is 5.41 Å². The maximum Gasteiger partial charge on any atom is 0.226 e. The second kappa shape index (κ2) is 4.29. The lowest BCUT2D eigenvalue weighted by Gasteiger charge is -2.53. The third kappa shape index (κ3) is 1.85. The van der Waals surface area contributed by atoms with Crippen LogP contribution < -0.4 is 0 Å². The van der Waals surface area contributed by atoms with Gasteiger partial charge in [0.05, 0.1) is 0 Å². The quantitative estimate of drug-likeness (QED) is 0.799. The fraction of sp³-hybridized carbons (Fsp3) is 0.625. The van der Waals surface area contributed by atoms with Crippen molar-refractivity contribution < 1.29 is 14.7 Å². The highest BCUT2D eigenvalue weighted by Crippen LogP contribution is 2.49. The van der Waals surface area contributed by atoms with E-state index in [0.29, 0.717) is 23.1 Å². The van der Waals surface area contributed by atoms with E-state index < -0.39 is 11.1 Å². The van der Waals surface area contributed by atoms with Gasteiger partial charge in [0.2, 0.25) is 5.91 Å². The lowest BCUT2D eigenvalue weighted by Crippen LogP contribution is -2.63. The first-order chi connectivity index (χ1) is 9.02. The van der Waals surface area contributed by atoms with E-state index in [0.717, 1.165) is 0 Å². The van der Waals surface area contributed by atoms with E-state index >= 15 is 0 Å². The summed E-state index contributed by atoms with van der Waals surface area (Å²) in [5, 5.41) is 11.2. The summed E-state index contributed by atoms with van der Waals surface area (Å²) in [5.74, 6) is -0.127. The van der Waals surface area contributed by atoms with Gasteiger partial charge in [-0.15, -0.1) is 0 Å². The summed E-state index contributed by atoms with van der Waals surface area (Å²) >= 11 is 0. The fourth-order valence-corrected chi connectivity index (χ4v) is 3.74. The van der Waals surface area contributed by atoms with Crippen LogP contribution in [0.4, 0.5) is 0 Å². The molecule has 1 atom stereocenters. The first-order valence-corrected chi connectivity index (χ1v) is 7.03. The minimum Gasteiger partial charge on any atom is -0.364 e. The minimum absolute atomic E-state index is 0.0456. The van der Waals surface area contributed by atoms with E-state index in [4.69, 9.17) is 0 Å². The van der Waals surface area contributed by atoms with Crippen LogP contribution >= 0.6 is 0 Å². The van der Waals surface area contributed by atoms with Crippen LogP contribution in [0.15, 0.2) is 22.8 Å². The van der Waals surface area contributed by atoms with Gasteiger partial charge in [0.15, 0.2) is 11.5 Å². The Morgan fingerprint density at radius 3 is 2.30 bits per heavy atom. The number of aliphatic hydroxyl groups is 1. The molecule has 4 nitrogen and oxygen atoms in total. The molecule has 2 aliphatic rings. The van der Waals surface area contributed by atoms with Gasteiger partial charge in [-0.3, -0.25) is 9.59 Å². The van der Waals surface area contributed by atoms with Crippen molar-refractivity contribution in [2.75, 3.05) is 0 Å². The number of hydrogen-bond donors (Lipinski definition) is 1. The summed E-state index contributed by atoms with van der Waals surface area (Å²) in [6.07, 6.45) is 1.84. The molecule has 1 aliphatic heterocycles. The molecule has 1 fully saturated rings. The smallest absolute Gasteiger partial charge is 0.226 e. The van der Waals surface area contributed by atoms with E-state index in [1.807, 2.05) is 27.7 Å². The van der Waals surface area contributed by atoms with Crippen LogP contribution in [0.3, 0.4) is 0 Å². The van der Waals surface area contributed by atoms with Gasteiger partial charge in [0, 0.05) is 23.5 Å². The van der Waals surface area contributed by atoms with Crippen molar-refractivity contribution in [2.45, 2.75) is 59.7 Å². The molecule has 1 unspecified atom stereocenters. The SMILES string of the molecule is CC1=CC2(O)C(=C(C)C1=O)C(C)(C)CC(=O)N2C(C)C. The standard InChI is InChI=1S/C16H23NO3/c1-9(2)17-12(18)8-15(5,6)14-11(4)13(19)10(3)7-16(14,17)20/h7,9,20H,8H2,1-6H3. The van der Waals surface area contributed by atoms with Gasteiger partial charge in [0.25, 0.3) is 0 Å². The number of nitrogens with zero attached hydrogens (tertiary/aromatic N) is 1. The Kier molecular flexibility index (Phi) is 3.21. The first-order valence-electron chi connectivity index (χ1n) is 7.03. The van der Waals surface area contributed by atoms with Crippen LogP contribution in [0.5, 0.6) is 0 Å². The summed E-state index contributed by atoms with van der Waals surface area (Å²) in [4.78, 5) is 26.2. The molecule has 4 heteroatoms. The van der Waals surface area contributed by atoms with Gasteiger partial charge >= 0.3 is 0 Å². The molecule has 0 saturated carbocycles. The number of carbonyl (C=O) groups is 2. The number of fused-ring (bicyclic) bond motifs is 1. The largest absolute Gasteiger partial charge is 0.364 e. The molecule has 0 aromatic rings. The number of likely N-dealkylation sites (tertiary alicyclic amines) is 1. The lowest BCUT2D eigenvalue weighted by atomic mass is 9.66. The maximum atomic E-state index is 12.4. The van der Waals surface area contributed by atoms with E-state index in [-0.39, 0.29) is 17.7 Å². The second-order valence-electron chi connectivity index (χ2n) is 6.80. The molecule has 1 aliphatic carbocycles. The van der Waals surface area contributed by atoms with Crippen LogP contribution in [-0.4, -0.2) is 33.5 Å². The van der Waals surface area contributed by atoms with E-state index in [1.165, 1.54) is 11.0 Å². The Balaban J connectivity index is 2.75. The number of amides is 1. The molecule has 1 heterocycles. The highest BCUT2D eigenvalue weighted by atomic mass is 16.3. The molecule has 110 valence electrons. The van der Waals surface area contributed by atoms with Gasteiger partial charge in [-0.1, -0.05) is 13.8 Å². The topological polar surface area (TPSA) is 57.6 Å². The summed E-state index contributed by atoms with van der Waals surface area (Å²) in [6.45, 7) is 11.0. The summed E-state index contributed by atoms with van der Waals surface area (Å²) in [6, 6.07) is -0.136. The Labute approximate surface area is 120 Å². The average Bonchev–Trinajstić information content (AvgIpc) is 2.22. The van der Waals surface area contributed by atoms with Crippen molar-refractivity contribution in [3.63, 3.8) is 0 Å². The van der Waals surface area contributed by atoms with Crippen molar-refractivity contribution >= 4 is 11.7 Å². The number of Topliss-reactive ketones (excluding diaryl/α,β-unsaturated/α-hetero) is 1. The third-order valence-corrected chi connectivity index (χ3v) is 4.28. The number of piperidine rings is 1. The summed E-state index contributed by atoms with van der Waals surface area (Å²) in [5.41, 5.74) is -0.280. The third-order valence-electron chi connectivity index (χ3n) is 4.28. The first kappa shape index (κ1) is 15.0. The lowest BCUT2D eigenvalue weighted by molar-refractivity contribution is -0.162. The van der Waals surface area contributed by atoms with Crippen LogP contribution in [0.1, 0.15) is 48.0 Å². The van der Waals surface area contributed by atoms with Crippen molar-refractivity contribution in [1.29, 1.82) is 0 Å². The summed E-state index contributed by atoms with van der Waals surface area (Å²) < 4.78 is 0. The molecule has 20 heavy (non-hydrogen) atoms. The number of carbonyl (C=O) groups excluding carboxylic acids is 2. The highest BCUT2D eigenvalue weighted by molar-refractivity contribution is 6.10. The van der Waals surface area contributed by atoms with Gasteiger partial charge < -0.3 is 10.0 Å². The van der Waals surface area contributed by atoms with E-state index in [2.05, 4.69) is 0 Å². The zero-order valence-electron chi connectivity index (χ0n) is 13.1. The van der Waals surface area contributed by atoms with E-state index in [9.17, 15) is 14.7 Å². The van der Waals surface area contributed by atoms with Crippen molar-refractivity contribution in [1.82, 2.24) is 4.90 Å². The maximum absolute atomic E-state index is 12.4. The molecule has 2 rings (SSSR count). The predicted octanol–water partition coefficient (Wildman–Crippen LogP) is 2.19. The van der Waals surface area contributed by atoms with Crippen molar-refractivity contribution in [3.8, 4) is 0 Å². The van der Waals surface area contributed by atoms with Crippen molar-refractivity contribution in [2.24, 2.45) is 5.41 Å². The Morgan fingerprint density at radius 1 is 1.25 bits per heavy atom. The minimum atomic E-state index is -1.48. The number of hydrogen-bond acceptors (Lipinski definition) is 3. The highest BCUT2D eigenvalue weighted by Gasteiger charge is 2.54. The molecule has 0 bridgehead atoms. The van der Waals surface area contributed by atoms with Crippen molar-refractivity contribution in [3.05, 3.63) is 22.8 Å². The zero-order chi connectivity index (χ0) is 15.5. The molecule has 1 amide bonds. The molecular weight excluding hydrogens is 254 g/mol.